The molecule has 150 valence electrons. The Hall–Kier alpha value is -2.60. The zero-order valence-electron chi connectivity index (χ0n) is 16.1. The standard InChI is InChI=1S/C22H26FNO4/c1-27-19-5-2-3-6-20(19)28-14-21(26)24-12-4-11-22(15-24,16-25)13-17-7-9-18(23)10-8-17/h2-3,5-10,25H,4,11-16H2,1H3. The van der Waals surface area contributed by atoms with Gasteiger partial charge in [0.05, 0.1) is 13.7 Å². The number of methoxy groups -OCH3 is 1. The highest BCUT2D eigenvalue weighted by Gasteiger charge is 2.37. The van der Waals surface area contributed by atoms with Crippen molar-refractivity contribution in [2.24, 2.45) is 5.41 Å². The molecule has 1 N–H and O–H groups in total. The molecule has 2 aromatic rings. The van der Waals surface area contributed by atoms with Gasteiger partial charge in [-0.1, -0.05) is 24.3 Å². The molecule has 1 heterocycles. The molecule has 0 saturated carbocycles. The minimum atomic E-state index is -0.420. The third-order valence-corrected chi connectivity index (χ3v) is 5.26. The van der Waals surface area contributed by atoms with E-state index in [4.69, 9.17) is 9.47 Å². The fourth-order valence-electron chi connectivity index (χ4n) is 3.75. The molecule has 0 spiro atoms. The van der Waals surface area contributed by atoms with Gasteiger partial charge >= 0.3 is 0 Å². The van der Waals surface area contributed by atoms with E-state index in [-0.39, 0.29) is 24.9 Å². The normalized spacial score (nSPS) is 19.3. The van der Waals surface area contributed by atoms with Gasteiger partial charge in [-0.25, -0.2) is 4.39 Å². The average Bonchev–Trinajstić information content (AvgIpc) is 2.74. The second-order valence-electron chi connectivity index (χ2n) is 7.32. The molecule has 0 bridgehead atoms. The first-order valence-electron chi connectivity index (χ1n) is 9.44. The van der Waals surface area contributed by atoms with Gasteiger partial charge in [0.1, 0.15) is 5.82 Å². The van der Waals surface area contributed by atoms with E-state index in [1.165, 1.54) is 12.1 Å². The molecule has 28 heavy (non-hydrogen) atoms. The van der Waals surface area contributed by atoms with Crippen LogP contribution in [0.5, 0.6) is 11.5 Å². The first-order valence-corrected chi connectivity index (χ1v) is 9.44. The van der Waals surface area contributed by atoms with E-state index >= 15 is 0 Å². The first kappa shape index (κ1) is 20.1. The number of rotatable bonds is 7. The Labute approximate surface area is 164 Å². The molecule has 0 aliphatic carbocycles. The molecule has 1 aliphatic heterocycles. The average molecular weight is 387 g/mol. The molecule has 1 atom stereocenters. The van der Waals surface area contributed by atoms with Gasteiger partial charge in [-0.05, 0) is 49.1 Å². The number of nitrogens with zero attached hydrogens (tertiary/aromatic N) is 1. The predicted molar refractivity (Wildman–Crippen MR) is 104 cm³/mol. The molecule has 1 aliphatic rings. The molecule has 0 radical (unpaired) electrons. The first-order chi connectivity index (χ1) is 13.5. The van der Waals surface area contributed by atoms with E-state index in [1.54, 1.807) is 36.3 Å². The lowest BCUT2D eigenvalue weighted by Gasteiger charge is -2.42. The molecule has 3 rings (SSSR count). The minimum Gasteiger partial charge on any atom is -0.493 e. The van der Waals surface area contributed by atoms with Crippen LogP contribution in [0.4, 0.5) is 4.39 Å². The summed E-state index contributed by atoms with van der Waals surface area (Å²) in [5.41, 5.74) is 0.533. The van der Waals surface area contributed by atoms with Crippen LogP contribution in [-0.2, 0) is 11.2 Å². The zero-order valence-corrected chi connectivity index (χ0v) is 16.1. The molecule has 6 heteroatoms. The van der Waals surface area contributed by atoms with Gasteiger partial charge in [0, 0.05) is 18.5 Å². The number of ether oxygens (including phenoxy) is 2. The lowest BCUT2D eigenvalue weighted by molar-refractivity contribution is -0.137. The Morgan fingerprint density at radius 1 is 1.18 bits per heavy atom. The Kier molecular flexibility index (Phi) is 6.52. The van der Waals surface area contributed by atoms with Crippen LogP contribution in [0.15, 0.2) is 48.5 Å². The molecular weight excluding hydrogens is 361 g/mol. The van der Waals surface area contributed by atoms with Gasteiger partial charge in [0.25, 0.3) is 5.91 Å². The summed E-state index contributed by atoms with van der Waals surface area (Å²) < 4.78 is 24.1. The second kappa shape index (κ2) is 9.06. The number of aliphatic hydroxyl groups is 1. The third-order valence-electron chi connectivity index (χ3n) is 5.26. The van der Waals surface area contributed by atoms with E-state index in [0.717, 1.165) is 18.4 Å². The van der Waals surface area contributed by atoms with Crippen molar-refractivity contribution >= 4 is 5.91 Å². The molecule has 1 unspecified atom stereocenters. The molecule has 2 aromatic carbocycles. The molecule has 5 nitrogen and oxygen atoms in total. The topological polar surface area (TPSA) is 59.0 Å². The van der Waals surface area contributed by atoms with Crippen molar-refractivity contribution in [3.8, 4) is 11.5 Å². The number of aliphatic hydroxyl groups excluding tert-OH is 1. The molecule has 1 amide bonds. The second-order valence-corrected chi connectivity index (χ2v) is 7.32. The van der Waals surface area contributed by atoms with Crippen molar-refractivity contribution < 1.29 is 23.8 Å². The van der Waals surface area contributed by atoms with Crippen molar-refractivity contribution in [1.29, 1.82) is 0 Å². The van der Waals surface area contributed by atoms with Gasteiger partial charge in [0.2, 0.25) is 0 Å². The zero-order chi connectivity index (χ0) is 20.0. The summed E-state index contributed by atoms with van der Waals surface area (Å²) in [6.07, 6.45) is 2.22. The van der Waals surface area contributed by atoms with Gasteiger partial charge in [-0.2, -0.15) is 0 Å². The minimum absolute atomic E-state index is 0.0263. The summed E-state index contributed by atoms with van der Waals surface area (Å²) in [6, 6.07) is 13.5. The van der Waals surface area contributed by atoms with E-state index in [9.17, 15) is 14.3 Å². The Morgan fingerprint density at radius 2 is 1.89 bits per heavy atom. The lowest BCUT2D eigenvalue weighted by atomic mass is 9.75. The SMILES string of the molecule is COc1ccccc1OCC(=O)N1CCCC(CO)(Cc2ccc(F)cc2)C1. The predicted octanol–water partition coefficient (Wildman–Crippen LogP) is 3.06. The molecule has 1 saturated heterocycles. The van der Waals surface area contributed by atoms with Gasteiger partial charge in [0.15, 0.2) is 18.1 Å². The van der Waals surface area contributed by atoms with Crippen molar-refractivity contribution in [2.45, 2.75) is 19.3 Å². The molecular formula is C22H26FNO4. The van der Waals surface area contributed by atoms with E-state index in [1.807, 2.05) is 12.1 Å². The molecule has 0 aromatic heterocycles. The number of hydrogen-bond acceptors (Lipinski definition) is 4. The number of carbonyl (C=O) groups is 1. The Bertz CT molecular complexity index is 795. The quantitative estimate of drug-likeness (QED) is 0.793. The van der Waals surface area contributed by atoms with Crippen LogP contribution in [0.25, 0.3) is 0 Å². The van der Waals surface area contributed by atoms with Crippen molar-refractivity contribution in [3.63, 3.8) is 0 Å². The summed E-state index contributed by atoms with van der Waals surface area (Å²) in [4.78, 5) is 14.4. The van der Waals surface area contributed by atoms with Gasteiger partial charge in [-0.3, -0.25) is 4.79 Å². The number of carbonyl (C=O) groups excluding carboxylic acids is 1. The number of piperidine rings is 1. The maximum atomic E-state index is 13.2. The highest BCUT2D eigenvalue weighted by Crippen LogP contribution is 2.34. The van der Waals surface area contributed by atoms with Crippen LogP contribution in [0.1, 0.15) is 18.4 Å². The summed E-state index contributed by atoms with van der Waals surface area (Å²) >= 11 is 0. The smallest absolute Gasteiger partial charge is 0.260 e. The van der Waals surface area contributed by atoms with Crippen LogP contribution in [-0.4, -0.2) is 49.3 Å². The van der Waals surface area contributed by atoms with Crippen LogP contribution in [0.2, 0.25) is 0 Å². The highest BCUT2D eigenvalue weighted by atomic mass is 19.1. The Balaban J connectivity index is 1.63. The Morgan fingerprint density at radius 3 is 2.57 bits per heavy atom. The maximum Gasteiger partial charge on any atom is 0.260 e. The monoisotopic (exact) mass is 387 g/mol. The van der Waals surface area contributed by atoms with Gasteiger partial charge < -0.3 is 19.5 Å². The van der Waals surface area contributed by atoms with Crippen molar-refractivity contribution in [1.82, 2.24) is 4.90 Å². The van der Waals surface area contributed by atoms with Crippen molar-refractivity contribution in [2.75, 3.05) is 33.4 Å². The number of amides is 1. The number of para-hydroxylation sites is 2. The third kappa shape index (κ3) is 4.81. The largest absolute Gasteiger partial charge is 0.493 e. The number of likely N-dealkylation sites (tertiary alicyclic amines) is 1. The lowest BCUT2D eigenvalue weighted by Crippen LogP contribution is -2.50. The van der Waals surface area contributed by atoms with E-state index < -0.39 is 5.41 Å². The van der Waals surface area contributed by atoms with Crippen LogP contribution in [0, 0.1) is 11.2 Å². The fourth-order valence-corrected chi connectivity index (χ4v) is 3.75. The molecule has 1 fully saturated rings. The van der Waals surface area contributed by atoms with Crippen LogP contribution in [0.3, 0.4) is 0 Å². The van der Waals surface area contributed by atoms with Crippen LogP contribution < -0.4 is 9.47 Å². The summed E-state index contributed by atoms with van der Waals surface area (Å²) in [6.45, 7) is 0.980. The summed E-state index contributed by atoms with van der Waals surface area (Å²) in [5, 5.41) is 10.1. The number of halogens is 1. The van der Waals surface area contributed by atoms with Gasteiger partial charge in [-0.15, -0.1) is 0 Å². The van der Waals surface area contributed by atoms with E-state index in [0.29, 0.717) is 31.0 Å². The fraction of sp³-hybridized carbons (Fsp3) is 0.409. The van der Waals surface area contributed by atoms with Crippen LogP contribution >= 0.6 is 0 Å². The maximum absolute atomic E-state index is 13.2. The summed E-state index contributed by atoms with van der Waals surface area (Å²) in [7, 11) is 1.56. The van der Waals surface area contributed by atoms with Crippen molar-refractivity contribution in [3.05, 3.63) is 59.9 Å². The summed E-state index contributed by atoms with van der Waals surface area (Å²) in [5.74, 6) is 0.698. The highest BCUT2D eigenvalue weighted by molar-refractivity contribution is 5.78. The number of hydrogen-bond donors (Lipinski definition) is 1. The van der Waals surface area contributed by atoms with E-state index in [2.05, 4.69) is 0 Å². The number of benzene rings is 2.